The van der Waals surface area contributed by atoms with Gasteiger partial charge < -0.3 is 19.1 Å². The highest BCUT2D eigenvalue weighted by molar-refractivity contribution is 5.95. The van der Waals surface area contributed by atoms with Crippen LogP contribution in [-0.2, 0) is 11.3 Å². The number of hydrogen-bond acceptors (Lipinski definition) is 5. The summed E-state index contributed by atoms with van der Waals surface area (Å²) in [5, 5.41) is 19.3. The number of amides is 1. The van der Waals surface area contributed by atoms with Gasteiger partial charge >= 0.3 is 5.91 Å². The van der Waals surface area contributed by atoms with E-state index in [1.54, 1.807) is 16.7 Å². The molecular formula is C25H23N3O4. The van der Waals surface area contributed by atoms with Gasteiger partial charge in [0.15, 0.2) is 12.3 Å². The maximum absolute atomic E-state index is 12.1. The standard InChI is InChI=1S/C25H23N3O4/c29-23(18-32-20-12-5-2-6-13-20)26-27-24-21-14-7-8-15-22(21)28(25(24)30)16-9-17-31-19-10-3-1-4-11-19/h1-8,10-15,30H,9,16-18H2. The number of aromatic hydroxyl groups is 1. The Labute approximate surface area is 185 Å². The Bertz CT molecular complexity index is 1200. The highest BCUT2D eigenvalue weighted by atomic mass is 16.5. The van der Waals surface area contributed by atoms with Gasteiger partial charge in [0.2, 0.25) is 5.88 Å². The number of fused-ring (bicyclic) bond motifs is 1. The average molecular weight is 429 g/mol. The summed E-state index contributed by atoms with van der Waals surface area (Å²) in [5.41, 5.74) is 1.07. The monoisotopic (exact) mass is 429 g/mol. The summed E-state index contributed by atoms with van der Waals surface area (Å²) in [6.07, 6.45) is 0.682. The number of carbonyl (C=O) groups excluding carboxylic acids is 1. The van der Waals surface area contributed by atoms with Gasteiger partial charge in [0.25, 0.3) is 0 Å². The maximum atomic E-state index is 12.1. The van der Waals surface area contributed by atoms with E-state index in [1.165, 1.54) is 0 Å². The van der Waals surface area contributed by atoms with E-state index in [0.717, 1.165) is 16.7 Å². The maximum Gasteiger partial charge on any atom is 0.302 e. The van der Waals surface area contributed by atoms with Crippen molar-refractivity contribution in [1.82, 2.24) is 4.57 Å². The molecule has 0 unspecified atom stereocenters. The Kier molecular flexibility index (Phi) is 6.77. The first-order valence-corrected chi connectivity index (χ1v) is 10.3. The first-order chi connectivity index (χ1) is 15.7. The molecule has 162 valence electrons. The fraction of sp³-hybridized carbons (Fsp3) is 0.160. The van der Waals surface area contributed by atoms with Crippen molar-refractivity contribution in [2.45, 2.75) is 13.0 Å². The molecule has 7 heteroatoms. The van der Waals surface area contributed by atoms with Gasteiger partial charge in [0.1, 0.15) is 11.5 Å². The predicted octanol–water partition coefficient (Wildman–Crippen LogP) is 5.51. The minimum atomic E-state index is -0.540. The van der Waals surface area contributed by atoms with Gasteiger partial charge in [-0.2, -0.15) is 0 Å². The zero-order valence-corrected chi connectivity index (χ0v) is 17.4. The van der Waals surface area contributed by atoms with Crippen LogP contribution in [0.1, 0.15) is 6.42 Å². The SMILES string of the molecule is O=C(COc1ccccc1)N=Nc1c(O)n(CCCOc2ccccc2)c2ccccc12. The minimum absolute atomic E-state index is 0.0357. The first kappa shape index (κ1) is 21.1. The highest BCUT2D eigenvalue weighted by Crippen LogP contribution is 2.38. The van der Waals surface area contributed by atoms with Crippen molar-refractivity contribution < 1.29 is 19.4 Å². The van der Waals surface area contributed by atoms with Crippen LogP contribution < -0.4 is 9.47 Å². The average Bonchev–Trinajstić information content (AvgIpc) is 3.11. The minimum Gasteiger partial charge on any atom is -0.494 e. The summed E-state index contributed by atoms with van der Waals surface area (Å²) in [4.78, 5) is 12.1. The number of nitrogens with zero attached hydrogens (tertiary/aromatic N) is 3. The summed E-state index contributed by atoms with van der Waals surface area (Å²) in [6, 6.07) is 26.1. The second-order valence-electron chi connectivity index (χ2n) is 7.05. The topological polar surface area (TPSA) is 85.4 Å². The molecule has 32 heavy (non-hydrogen) atoms. The van der Waals surface area contributed by atoms with Crippen molar-refractivity contribution in [2.24, 2.45) is 10.2 Å². The van der Waals surface area contributed by atoms with E-state index >= 15 is 0 Å². The van der Waals surface area contributed by atoms with E-state index < -0.39 is 5.91 Å². The molecule has 1 amide bonds. The number of hydrogen-bond donors (Lipinski definition) is 1. The van der Waals surface area contributed by atoms with E-state index in [4.69, 9.17) is 9.47 Å². The molecule has 7 nitrogen and oxygen atoms in total. The van der Waals surface area contributed by atoms with Crippen LogP contribution in [0.25, 0.3) is 10.9 Å². The Hall–Kier alpha value is -4.13. The number of benzene rings is 3. The van der Waals surface area contributed by atoms with Crippen molar-refractivity contribution in [1.29, 1.82) is 0 Å². The zero-order valence-electron chi connectivity index (χ0n) is 17.4. The van der Waals surface area contributed by atoms with Crippen LogP contribution in [-0.4, -0.2) is 28.8 Å². The highest BCUT2D eigenvalue weighted by Gasteiger charge is 2.16. The second-order valence-corrected chi connectivity index (χ2v) is 7.05. The molecule has 1 aromatic heterocycles. The van der Waals surface area contributed by atoms with E-state index in [0.29, 0.717) is 25.3 Å². The van der Waals surface area contributed by atoms with Crippen molar-refractivity contribution >= 4 is 22.5 Å². The summed E-state index contributed by atoms with van der Waals surface area (Å²) in [5.74, 6) is 0.806. The van der Waals surface area contributed by atoms with Crippen molar-refractivity contribution in [3.63, 3.8) is 0 Å². The number of azo groups is 1. The van der Waals surface area contributed by atoms with Crippen LogP contribution in [0, 0.1) is 0 Å². The van der Waals surface area contributed by atoms with Crippen LogP contribution in [0.3, 0.4) is 0 Å². The first-order valence-electron chi connectivity index (χ1n) is 10.3. The number of aromatic nitrogens is 1. The molecule has 4 rings (SSSR count). The second kappa shape index (κ2) is 10.3. The summed E-state index contributed by atoms with van der Waals surface area (Å²) in [6.45, 7) is 0.797. The van der Waals surface area contributed by atoms with Gasteiger partial charge in [0, 0.05) is 11.9 Å². The van der Waals surface area contributed by atoms with Gasteiger partial charge in [-0.1, -0.05) is 54.6 Å². The van der Waals surface area contributed by atoms with Crippen molar-refractivity contribution in [3.8, 4) is 17.4 Å². The number of ether oxygens (including phenoxy) is 2. The van der Waals surface area contributed by atoms with Crippen molar-refractivity contribution in [2.75, 3.05) is 13.2 Å². The van der Waals surface area contributed by atoms with Crippen LogP contribution in [0.4, 0.5) is 5.69 Å². The smallest absolute Gasteiger partial charge is 0.302 e. The van der Waals surface area contributed by atoms with Crippen LogP contribution in [0.2, 0.25) is 0 Å². The molecule has 4 aromatic rings. The van der Waals surface area contributed by atoms with Gasteiger partial charge in [-0.25, -0.2) is 0 Å². The molecule has 0 radical (unpaired) electrons. The molecule has 0 spiro atoms. The third-order valence-electron chi connectivity index (χ3n) is 4.82. The fourth-order valence-corrected chi connectivity index (χ4v) is 3.32. The molecule has 0 aliphatic carbocycles. The summed E-state index contributed by atoms with van der Waals surface area (Å²) >= 11 is 0. The molecule has 0 saturated carbocycles. The van der Waals surface area contributed by atoms with E-state index in [-0.39, 0.29) is 18.2 Å². The number of para-hydroxylation sites is 3. The molecule has 1 N–H and O–H groups in total. The fourth-order valence-electron chi connectivity index (χ4n) is 3.32. The van der Waals surface area contributed by atoms with Gasteiger partial charge in [-0.05, 0) is 36.8 Å². The van der Waals surface area contributed by atoms with Crippen LogP contribution in [0.5, 0.6) is 17.4 Å². The predicted molar refractivity (Wildman–Crippen MR) is 122 cm³/mol. The number of carbonyl (C=O) groups is 1. The Morgan fingerprint density at radius 1 is 0.844 bits per heavy atom. The number of rotatable bonds is 9. The molecule has 3 aromatic carbocycles. The normalized spacial score (nSPS) is 11.1. The lowest BCUT2D eigenvalue weighted by molar-refractivity contribution is -0.120. The zero-order chi connectivity index (χ0) is 22.2. The third kappa shape index (κ3) is 5.13. The van der Waals surface area contributed by atoms with Gasteiger partial charge in [-0.15, -0.1) is 10.2 Å². The molecule has 0 aliphatic heterocycles. The third-order valence-corrected chi connectivity index (χ3v) is 4.82. The lowest BCUT2D eigenvalue weighted by Crippen LogP contribution is -2.07. The molecule has 0 atom stereocenters. The molecule has 0 aliphatic rings. The summed E-state index contributed by atoms with van der Waals surface area (Å²) in [7, 11) is 0. The molecular weight excluding hydrogens is 406 g/mol. The van der Waals surface area contributed by atoms with E-state index in [1.807, 2.05) is 72.8 Å². The molecule has 0 fully saturated rings. The number of aryl methyl sites for hydroxylation is 1. The molecule has 0 bridgehead atoms. The largest absolute Gasteiger partial charge is 0.494 e. The Balaban J connectivity index is 1.43. The van der Waals surface area contributed by atoms with Gasteiger partial charge in [-0.3, -0.25) is 4.79 Å². The summed E-state index contributed by atoms with van der Waals surface area (Å²) < 4.78 is 12.9. The Morgan fingerprint density at radius 3 is 2.19 bits per heavy atom. The van der Waals surface area contributed by atoms with E-state index in [9.17, 15) is 9.90 Å². The molecule has 1 heterocycles. The quantitative estimate of drug-likeness (QED) is 0.281. The lowest BCUT2D eigenvalue weighted by atomic mass is 10.2. The lowest BCUT2D eigenvalue weighted by Gasteiger charge is -2.08. The molecule has 0 saturated heterocycles. The van der Waals surface area contributed by atoms with Gasteiger partial charge in [0.05, 0.1) is 12.1 Å². The van der Waals surface area contributed by atoms with Crippen LogP contribution >= 0.6 is 0 Å². The van der Waals surface area contributed by atoms with Crippen LogP contribution in [0.15, 0.2) is 95.2 Å². The Morgan fingerprint density at radius 2 is 1.47 bits per heavy atom. The van der Waals surface area contributed by atoms with E-state index in [2.05, 4.69) is 10.2 Å². The van der Waals surface area contributed by atoms with Crippen molar-refractivity contribution in [3.05, 3.63) is 84.9 Å².